The maximum Gasteiger partial charge on any atom is 0.0441 e. The molecule has 0 saturated heterocycles. The van der Waals surface area contributed by atoms with Gasteiger partial charge in [0.1, 0.15) is 0 Å². The molecule has 1 nitrogen and oxygen atoms in total. The number of thioether (sulfide) groups is 1. The molecule has 3 heteroatoms. The highest BCUT2D eigenvalue weighted by Gasteiger charge is 2.08. The third-order valence-corrected chi connectivity index (χ3v) is 4.39. The van der Waals surface area contributed by atoms with Gasteiger partial charge in [-0.15, -0.1) is 0 Å². The molecule has 1 unspecified atom stereocenters. The van der Waals surface area contributed by atoms with Gasteiger partial charge in [0.25, 0.3) is 0 Å². The van der Waals surface area contributed by atoms with Crippen LogP contribution in [0.4, 0.5) is 0 Å². The maximum atomic E-state index is 6.20. The summed E-state index contributed by atoms with van der Waals surface area (Å²) < 4.78 is 0. The van der Waals surface area contributed by atoms with Gasteiger partial charge in [-0.25, -0.2) is 0 Å². The summed E-state index contributed by atoms with van der Waals surface area (Å²) in [5.74, 6) is 2.91. The van der Waals surface area contributed by atoms with Crippen molar-refractivity contribution in [3.63, 3.8) is 0 Å². The lowest BCUT2D eigenvalue weighted by Crippen LogP contribution is -2.26. The van der Waals surface area contributed by atoms with E-state index in [-0.39, 0.29) is 6.04 Å². The van der Waals surface area contributed by atoms with Crippen LogP contribution in [0.1, 0.15) is 25.0 Å². The molecular formula is C14H22ClNS. The van der Waals surface area contributed by atoms with E-state index in [2.05, 4.69) is 26.0 Å². The molecule has 0 radical (unpaired) electrons. The van der Waals surface area contributed by atoms with Crippen LogP contribution in [0.5, 0.6) is 0 Å². The van der Waals surface area contributed by atoms with Crippen molar-refractivity contribution in [3.05, 3.63) is 34.3 Å². The zero-order valence-electron chi connectivity index (χ0n) is 10.9. The van der Waals surface area contributed by atoms with Crippen molar-refractivity contribution < 1.29 is 0 Å². The monoisotopic (exact) mass is 271 g/mol. The summed E-state index contributed by atoms with van der Waals surface area (Å²) >= 11 is 8.13. The first-order valence-electron chi connectivity index (χ1n) is 6.07. The lowest BCUT2D eigenvalue weighted by atomic mass is 10.1. The van der Waals surface area contributed by atoms with Gasteiger partial charge >= 0.3 is 0 Å². The Morgan fingerprint density at radius 1 is 1.29 bits per heavy atom. The van der Waals surface area contributed by atoms with E-state index in [1.165, 1.54) is 11.3 Å². The number of aryl methyl sites for hydroxylation is 1. The Morgan fingerprint density at radius 2 is 2.00 bits per heavy atom. The molecule has 1 rings (SSSR count). The van der Waals surface area contributed by atoms with Crippen molar-refractivity contribution >= 4 is 23.4 Å². The van der Waals surface area contributed by atoms with Gasteiger partial charge in [-0.1, -0.05) is 37.6 Å². The summed E-state index contributed by atoms with van der Waals surface area (Å²) in [6.07, 6.45) is 0.865. The van der Waals surface area contributed by atoms with Crippen LogP contribution in [-0.2, 0) is 6.42 Å². The number of hydrogen-bond donors (Lipinski definition) is 1. The fraction of sp³-hybridized carbons (Fsp3) is 0.571. The van der Waals surface area contributed by atoms with E-state index in [0.717, 1.165) is 28.7 Å². The standard InChI is InChI=1S/C14H22ClNS/c1-10(2)8-17-9-13(16)7-12-5-4-11(3)6-14(12)15/h4-6,10,13H,7-9,16H2,1-3H3. The van der Waals surface area contributed by atoms with Crippen molar-refractivity contribution in [1.82, 2.24) is 0 Å². The lowest BCUT2D eigenvalue weighted by Gasteiger charge is -2.13. The van der Waals surface area contributed by atoms with Gasteiger partial charge in [0.2, 0.25) is 0 Å². The van der Waals surface area contributed by atoms with Gasteiger partial charge in [-0.3, -0.25) is 0 Å². The second kappa shape index (κ2) is 7.30. The minimum absolute atomic E-state index is 0.193. The first-order chi connectivity index (χ1) is 7.99. The average molecular weight is 272 g/mol. The lowest BCUT2D eigenvalue weighted by molar-refractivity contribution is 0.731. The maximum absolute atomic E-state index is 6.20. The van der Waals surface area contributed by atoms with Crippen LogP contribution in [0.2, 0.25) is 5.02 Å². The molecule has 17 heavy (non-hydrogen) atoms. The van der Waals surface area contributed by atoms with Crippen molar-refractivity contribution in [2.75, 3.05) is 11.5 Å². The zero-order chi connectivity index (χ0) is 12.8. The Bertz CT molecular complexity index is 352. The van der Waals surface area contributed by atoms with Gasteiger partial charge in [0.05, 0.1) is 0 Å². The van der Waals surface area contributed by atoms with Gasteiger partial charge < -0.3 is 5.73 Å². The van der Waals surface area contributed by atoms with Crippen LogP contribution in [0.25, 0.3) is 0 Å². The molecule has 1 aromatic carbocycles. The molecular weight excluding hydrogens is 250 g/mol. The van der Waals surface area contributed by atoms with E-state index in [0.29, 0.717) is 0 Å². The van der Waals surface area contributed by atoms with Crippen LogP contribution in [0, 0.1) is 12.8 Å². The Kier molecular flexibility index (Phi) is 6.39. The SMILES string of the molecule is Cc1ccc(CC(N)CSCC(C)C)c(Cl)c1. The molecule has 0 aliphatic carbocycles. The van der Waals surface area contributed by atoms with Crippen molar-refractivity contribution in [2.24, 2.45) is 11.7 Å². The fourth-order valence-corrected chi connectivity index (χ4v) is 2.95. The highest BCUT2D eigenvalue weighted by Crippen LogP contribution is 2.20. The molecule has 0 heterocycles. The number of halogens is 1. The number of hydrogen-bond acceptors (Lipinski definition) is 2. The Morgan fingerprint density at radius 3 is 2.59 bits per heavy atom. The highest BCUT2D eigenvalue weighted by atomic mass is 35.5. The summed E-state index contributed by atoms with van der Waals surface area (Å²) in [5.41, 5.74) is 8.48. The van der Waals surface area contributed by atoms with Gasteiger partial charge in [-0.2, -0.15) is 11.8 Å². The smallest absolute Gasteiger partial charge is 0.0441 e. The van der Waals surface area contributed by atoms with E-state index in [1.807, 2.05) is 24.8 Å². The second-order valence-corrected chi connectivity index (χ2v) is 6.47. The first kappa shape index (κ1) is 14.9. The predicted molar refractivity (Wildman–Crippen MR) is 80.0 cm³/mol. The molecule has 0 aliphatic heterocycles. The number of rotatable bonds is 6. The molecule has 1 aromatic rings. The molecule has 0 bridgehead atoms. The van der Waals surface area contributed by atoms with Crippen molar-refractivity contribution in [3.8, 4) is 0 Å². The zero-order valence-corrected chi connectivity index (χ0v) is 12.4. The van der Waals surface area contributed by atoms with E-state index >= 15 is 0 Å². The molecule has 0 aliphatic rings. The molecule has 0 aromatic heterocycles. The first-order valence-corrected chi connectivity index (χ1v) is 7.60. The van der Waals surface area contributed by atoms with Crippen LogP contribution in [-0.4, -0.2) is 17.5 Å². The largest absolute Gasteiger partial charge is 0.327 e. The Balaban J connectivity index is 2.42. The van der Waals surface area contributed by atoms with Crippen molar-refractivity contribution in [1.29, 1.82) is 0 Å². The van der Waals surface area contributed by atoms with Gasteiger partial charge in [0.15, 0.2) is 0 Å². The molecule has 0 saturated carbocycles. The molecule has 0 spiro atoms. The van der Waals surface area contributed by atoms with E-state index in [1.54, 1.807) is 0 Å². The molecule has 0 fully saturated rings. The van der Waals surface area contributed by atoms with E-state index in [4.69, 9.17) is 17.3 Å². The summed E-state index contributed by atoms with van der Waals surface area (Å²) in [6.45, 7) is 6.51. The summed E-state index contributed by atoms with van der Waals surface area (Å²) in [5, 5.41) is 0.842. The topological polar surface area (TPSA) is 26.0 Å². The Hall–Kier alpha value is -0.180. The molecule has 1 atom stereocenters. The van der Waals surface area contributed by atoms with Crippen LogP contribution in [0.3, 0.4) is 0 Å². The summed E-state index contributed by atoms with van der Waals surface area (Å²) in [4.78, 5) is 0. The number of nitrogens with two attached hydrogens (primary N) is 1. The van der Waals surface area contributed by atoms with Gasteiger partial charge in [-0.05, 0) is 42.2 Å². The predicted octanol–water partition coefficient (Wildman–Crippen LogP) is 3.91. The minimum Gasteiger partial charge on any atom is -0.327 e. The number of benzene rings is 1. The average Bonchev–Trinajstić information content (AvgIpc) is 2.21. The van der Waals surface area contributed by atoms with E-state index < -0.39 is 0 Å². The summed E-state index contributed by atoms with van der Waals surface area (Å²) in [7, 11) is 0. The second-order valence-electron chi connectivity index (χ2n) is 4.99. The van der Waals surface area contributed by atoms with Crippen molar-refractivity contribution in [2.45, 2.75) is 33.2 Å². The molecule has 0 amide bonds. The minimum atomic E-state index is 0.193. The van der Waals surface area contributed by atoms with Crippen LogP contribution < -0.4 is 5.73 Å². The molecule has 96 valence electrons. The normalized spacial score (nSPS) is 13.1. The quantitative estimate of drug-likeness (QED) is 0.849. The summed E-state index contributed by atoms with van der Waals surface area (Å²) in [6, 6.07) is 6.38. The fourth-order valence-electron chi connectivity index (χ4n) is 1.61. The van der Waals surface area contributed by atoms with Crippen LogP contribution in [0.15, 0.2) is 18.2 Å². The molecule has 2 N–H and O–H groups in total. The third-order valence-electron chi connectivity index (χ3n) is 2.47. The Labute approximate surface area is 114 Å². The highest BCUT2D eigenvalue weighted by molar-refractivity contribution is 7.99. The third kappa shape index (κ3) is 5.80. The van der Waals surface area contributed by atoms with E-state index in [9.17, 15) is 0 Å². The van der Waals surface area contributed by atoms with Gasteiger partial charge in [0, 0.05) is 16.8 Å². The van der Waals surface area contributed by atoms with Crippen LogP contribution >= 0.6 is 23.4 Å².